The zero-order valence-corrected chi connectivity index (χ0v) is 9.19. The standard InChI is InChI=1S/C13H16O2/c1-9-7-10(8-13(14)15-2)12-6-4-3-5-11(9)12/h3-6,9-10H,7-8H2,1-2H3/t9-,10+/m0/s1. The molecule has 0 unspecified atom stereocenters. The summed E-state index contributed by atoms with van der Waals surface area (Å²) in [5, 5.41) is 0. The second-order valence-corrected chi connectivity index (χ2v) is 4.24. The molecule has 0 saturated heterocycles. The monoisotopic (exact) mass is 204 g/mol. The van der Waals surface area contributed by atoms with Crippen molar-refractivity contribution in [1.82, 2.24) is 0 Å². The topological polar surface area (TPSA) is 26.3 Å². The van der Waals surface area contributed by atoms with Crippen LogP contribution < -0.4 is 0 Å². The highest BCUT2D eigenvalue weighted by atomic mass is 16.5. The van der Waals surface area contributed by atoms with E-state index in [-0.39, 0.29) is 5.97 Å². The predicted molar refractivity (Wildman–Crippen MR) is 58.8 cm³/mol. The van der Waals surface area contributed by atoms with Crippen LogP contribution in [0.15, 0.2) is 24.3 Å². The van der Waals surface area contributed by atoms with Gasteiger partial charge in [-0.25, -0.2) is 0 Å². The Morgan fingerprint density at radius 1 is 1.40 bits per heavy atom. The molecule has 0 saturated carbocycles. The van der Waals surface area contributed by atoms with Gasteiger partial charge in [-0.15, -0.1) is 0 Å². The molecule has 0 fully saturated rings. The van der Waals surface area contributed by atoms with E-state index in [0.29, 0.717) is 18.3 Å². The highest BCUT2D eigenvalue weighted by Gasteiger charge is 2.29. The molecule has 1 aliphatic rings. The van der Waals surface area contributed by atoms with Gasteiger partial charge in [-0.05, 0) is 29.4 Å². The molecule has 2 heteroatoms. The van der Waals surface area contributed by atoms with Crippen molar-refractivity contribution in [1.29, 1.82) is 0 Å². The van der Waals surface area contributed by atoms with Crippen molar-refractivity contribution in [3.63, 3.8) is 0 Å². The molecule has 1 aliphatic carbocycles. The normalized spacial score (nSPS) is 23.6. The Morgan fingerprint density at radius 2 is 2.07 bits per heavy atom. The van der Waals surface area contributed by atoms with Crippen LogP contribution in [0.5, 0.6) is 0 Å². The summed E-state index contributed by atoms with van der Waals surface area (Å²) in [6, 6.07) is 8.40. The molecular weight excluding hydrogens is 188 g/mol. The fourth-order valence-electron chi connectivity index (χ4n) is 2.49. The van der Waals surface area contributed by atoms with Crippen molar-refractivity contribution >= 4 is 5.97 Å². The van der Waals surface area contributed by atoms with E-state index >= 15 is 0 Å². The van der Waals surface area contributed by atoms with Gasteiger partial charge in [-0.1, -0.05) is 31.2 Å². The maximum absolute atomic E-state index is 11.3. The first-order valence-corrected chi connectivity index (χ1v) is 5.38. The summed E-state index contributed by atoms with van der Waals surface area (Å²) in [4.78, 5) is 11.3. The quantitative estimate of drug-likeness (QED) is 0.692. The van der Waals surface area contributed by atoms with Gasteiger partial charge in [0.25, 0.3) is 0 Å². The molecule has 2 rings (SSSR count). The number of benzene rings is 1. The summed E-state index contributed by atoms with van der Waals surface area (Å²) in [5.41, 5.74) is 2.72. The number of carbonyl (C=O) groups is 1. The van der Waals surface area contributed by atoms with Gasteiger partial charge in [0.15, 0.2) is 0 Å². The largest absolute Gasteiger partial charge is 0.469 e. The van der Waals surface area contributed by atoms with Crippen LogP contribution in [0.4, 0.5) is 0 Å². The SMILES string of the molecule is COC(=O)C[C@H]1C[C@H](C)c2ccccc21. The number of ether oxygens (including phenoxy) is 1. The summed E-state index contributed by atoms with van der Waals surface area (Å²) in [6.45, 7) is 2.22. The van der Waals surface area contributed by atoms with Gasteiger partial charge in [-0.3, -0.25) is 4.79 Å². The lowest BCUT2D eigenvalue weighted by atomic mass is 9.98. The lowest BCUT2D eigenvalue weighted by Gasteiger charge is -2.09. The second kappa shape index (κ2) is 4.05. The molecule has 0 amide bonds. The molecule has 0 radical (unpaired) electrons. The summed E-state index contributed by atoms with van der Waals surface area (Å²) in [5.74, 6) is 0.809. The molecule has 0 aromatic heterocycles. The number of carbonyl (C=O) groups excluding carboxylic acids is 1. The van der Waals surface area contributed by atoms with Crippen molar-refractivity contribution in [3.8, 4) is 0 Å². The Balaban J connectivity index is 2.21. The third-order valence-corrected chi connectivity index (χ3v) is 3.25. The van der Waals surface area contributed by atoms with E-state index < -0.39 is 0 Å². The number of methoxy groups -OCH3 is 1. The third kappa shape index (κ3) is 1.89. The van der Waals surface area contributed by atoms with Crippen LogP contribution in [0.25, 0.3) is 0 Å². The molecule has 1 aromatic rings. The van der Waals surface area contributed by atoms with E-state index in [1.807, 2.05) is 6.07 Å². The number of hydrogen-bond acceptors (Lipinski definition) is 2. The summed E-state index contributed by atoms with van der Waals surface area (Å²) in [6.07, 6.45) is 1.58. The zero-order chi connectivity index (χ0) is 10.8. The Labute approximate surface area is 90.3 Å². The number of rotatable bonds is 2. The van der Waals surface area contributed by atoms with Gasteiger partial charge >= 0.3 is 5.97 Å². The van der Waals surface area contributed by atoms with Gasteiger partial charge in [0.2, 0.25) is 0 Å². The first-order chi connectivity index (χ1) is 7.22. The summed E-state index contributed by atoms with van der Waals surface area (Å²) < 4.78 is 4.72. The summed E-state index contributed by atoms with van der Waals surface area (Å²) >= 11 is 0. The van der Waals surface area contributed by atoms with E-state index in [9.17, 15) is 4.79 Å². The number of hydrogen-bond donors (Lipinski definition) is 0. The van der Waals surface area contributed by atoms with Gasteiger partial charge in [-0.2, -0.15) is 0 Å². The van der Waals surface area contributed by atoms with E-state index in [0.717, 1.165) is 6.42 Å². The van der Waals surface area contributed by atoms with Crippen molar-refractivity contribution in [2.45, 2.75) is 31.6 Å². The fraction of sp³-hybridized carbons (Fsp3) is 0.462. The predicted octanol–water partition coefficient (Wildman–Crippen LogP) is 2.84. The molecule has 1 aromatic carbocycles. The fourth-order valence-corrected chi connectivity index (χ4v) is 2.49. The van der Waals surface area contributed by atoms with Crippen LogP contribution in [-0.4, -0.2) is 13.1 Å². The van der Waals surface area contributed by atoms with Crippen molar-refractivity contribution < 1.29 is 9.53 Å². The first-order valence-electron chi connectivity index (χ1n) is 5.38. The minimum Gasteiger partial charge on any atom is -0.469 e. The lowest BCUT2D eigenvalue weighted by molar-refractivity contribution is -0.141. The number of fused-ring (bicyclic) bond motifs is 1. The Hall–Kier alpha value is -1.31. The minimum atomic E-state index is -0.107. The molecule has 80 valence electrons. The zero-order valence-electron chi connectivity index (χ0n) is 9.19. The van der Waals surface area contributed by atoms with E-state index in [4.69, 9.17) is 4.74 Å². The maximum atomic E-state index is 11.3. The highest BCUT2D eigenvalue weighted by molar-refractivity contribution is 5.70. The second-order valence-electron chi connectivity index (χ2n) is 4.24. The maximum Gasteiger partial charge on any atom is 0.306 e. The van der Waals surface area contributed by atoms with E-state index in [1.54, 1.807) is 0 Å². The molecule has 2 atom stereocenters. The smallest absolute Gasteiger partial charge is 0.306 e. The molecule has 0 heterocycles. The van der Waals surface area contributed by atoms with Crippen LogP contribution >= 0.6 is 0 Å². The van der Waals surface area contributed by atoms with E-state index in [1.165, 1.54) is 18.2 Å². The molecule has 0 aliphatic heterocycles. The van der Waals surface area contributed by atoms with Crippen LogP contribution in [0.1, 0.15) is 42.7 Å². The minimum absolute atomic E-state index is 0.107. The molecule has 0 spiro atoms. The van der Waals surface area contributed by atoms with Crippen LogP contribution in [-0.2, 0) is 9.53 Å². The van der Waals surface area contributed by atoms with Crippen molar-refractivity contribution in [2.75, 3.05) is 7.11 Å². The van der Waals surface area contributed by atoms with Gasteiger partial charge in [0.05, 0.1) is 13.5 Å². The van der Waals surface area contributed by atoms with E-state index in [2.05, 4.69) is 25.1 Å². The van der Waals surface area contributed by atoms with Crippen molar-refractivity contribution in [3.05, 3.63) is 35.4 Å². The van der Waals surface area contributed by atoms with Crippen LogP contribution in [0.3, 0.4) is 0 Å². The summed E-state index contributed by atoms with van der Waals surface area (Å²) in [7, 11) is 1.45. The lowest BCUT2D eigenvalue weighted by Crippen LogP contribution is -2.06. The van der Waals surface area contributed by atoms with Crippen LogP contribution in [0, 0.1) is 0 Å². The highest BCUT2D eigenvalue weighted by Crippen LogP contribution is 2.42. The van der Waals surface area contributed by atoms with Crippen LogP contribution in [0.2, 0.25) is 0 Å². The van der Waals surface area contributed by atoms with Gasteiger partial charge in [0, 0.05) is 0 Å². The Bertz CT molecular complexity index is 371. The average molecular weight is 204 g/mol. The third-order valence-electron chi connectivity index (χ3n) is 3.25. The molecule has 2 nitrogen and oxygen atoms in total. The molecule has 0 bridgehead atoms. The van der Waals surface area contributed by atoms with Crippen molar-refractivity contribution in [2.24, 2.45) is 0 Å². The first kappa shape index (κ1) is 10.2. The Morgan fingerprint density at radius 3 is 2.73 bits per heavy atom. The molecule has 0 N–H and O–H groups in total. The molecular formula is C13H16O2. The molecule has 15 heavy (non-hydrogen) atoms. The number of esters is 1. The average Bonchev–Trinajstić information content (AvgIpc) is 2.57. The van der Waals surface area contributed by atoms with Gasteiger partial charge in [0.1, 0.15) is 0 Å². The Kier molecular flexibility index (Phi) is 2.76. The van der Waals surface area contributed by atoms with Gasteiger partial charge < -0.3 is 4.74 Å².